The van der Waals surface area contributed by atoms with Crippen molar-refractivity contribution >= 4 is 39.3 Å². The van der Waals surface area contributed by atoms with E-state index in [0.29, 0.717) is 0 Å². The van der Waals surface area contributed by atoms with Crippen LogP contribution in [0.1, 0.15) is 13.3 Å². The predicted octanol–water partition coefficient (Wildman–Crippen LogP) is 2.34. The summed E-state index contributed by atoms with van der Waals surface area (Å²) in [5.41, 5.74) is -0.00859. The molecule has 0 aliphatic rings. The van der Waals surface area contributed by atoms with Gasteiger partial charge in [-0.25, -0.2) is 9.59 Å². The minimum absolute atomic E-state index is 0.192. The largest absolute Gasteiger partial charge is 0.480 e. The number of aliphatic carboxylic acids is 1. The fourth-order valence-electron chi connectivity index (χ4n) is 1.39. The SMILES string of the molecule is CCC(NC(=O)Nc1ccc(Br)c([N+](=O)[O-])c1)C(=O)O. The van der Waals surface area contributed by atoms with Crippen LogP contribution in [-0.4, -0.2) is 28.1 Å². The average Bonchev–Trinajstić information content (AvgIpc) is 2.37. The lowest BCUT2D eigenvalue weighted by Crippen LogP contribution is -2.42. The maximum atomic E-state index is 11.6. The molecule has 0 radical (unpaired) electrons. The molecule has 2 amide bonds. The number of anilines is 1. The Hall–Kier alpha value is -2.16. The molecular formula is C11H12BrN3O5. The number of carboxylic acids is 1. The first kappa shape index (κ1) is 15.9. The highest BCUT2D eigenvalue weighted by Crippen LogP contribution is 2.27. The average molecular weight is 346 g/mol. The van der Waals surface area contributed by atoms with Crippen molar-refractivity contribution in [2.24, 2.45) is 0 Å². The van der Waals surface area contributed by atoms with Crippen molar-refractivity contribution in [2.75, 3.05) is 5.32 Å². The molecular weight excluding hydrogens is 334 g/mol. The first-order valence-electron chi connectivity index (χ1n) is 5.59. The summed E-state index contributed by atoms with van der Waals surface area (Å²) < 4.78 is 0.283. The van der Waals surface area contributed by atoms with Crippen molar-refractivity contribution in [3.8, 4) is 0 Å². The van der Waals surface area contributed by atoms with Crippen molar-refractivity contribution in [3.63, 3.8) is 0 Å². The molecule has 0 bridgehead atoms. The van der Waals surface area contributed by atoms with Gasteiger partial charge in [0.1, 0.15) is 6.04 Å². The van der Waals surface area contributed by atoms with E-state index in [4.69, 9.17) is 5.11 Å². The van der Waals surface area contributed by atoms with E-state index in [1.165, 1.54) is 18.2 Å². The highest BCUT2D eigenvalue weighted by molar-refractivity contribution is 9.10. The molecule has 9 heteroatoms. The van der Waals surface area contributed by atoms with Gasteiger partial charge in [0.05, 0.1) is 9.40 Å². The predicted molar refractivity (Wildman–Crippen MR) is 74.7 cm³/mol. The summed E-state index contributed by atoms with van der Waals surface area (Å²) in [6, 6.07) is 2.29. The maximum Gasteiger partial charge on any atom is 0.326 e. The smallest absolute Gasteiger partial charge is 0.326 e. The standard InChI is InChI=1S/C11H12BrN3O5/c1-2-8(10(16)17)14-11(18)13-6-3-4-7(12)9(5-6)15(19)20/h3-5,8H,2H2,1H3,(H,16,17)(H2,13,14,18). The monoisotopic (exact) mass is 345 g/mol. The molecule has 0 saturated heterocycles. The molecule has 1 aromatic carbocycles. The van der Waals surface area contributed by atoms with Crippen LogP contribution in [0.25, 0.3) is 0 Å². The first-order valence-corrected chi connectivity index (χ1v) is 6.38. The van der Waals surface area contributed by atoms with E-state index in [9.17, 15) is 19.7 Å². The van der Waals surface area contributed by atoms with Gasteiger partial charge in [0.2, 0.25) is 0 Å². The molecule has 0 heterocycles. The summed E-state index contributed by atoms with van der Waals surface area (Å²) in [5, 5.41) is 24.1. The van der Waals surface area contributed by atoms with Gasteiger partial charge in [0, 0.05) is 11.8 Å². The van der Waals surface area contributed by atoms with Gasteiger partial charge in [0.25, 0.3) is 5.69 Å². The quantitative estimate of drug-likeness (QED) is 0.558. The van der Waals surface area contributed by atoms with E-state index < -0.39 is 23.0 Å². The molecule has 0 fully saturated rings. The molecule has 8 nitrogen and oxygen atoms in total. The summed E-state index contributed by atoms with van der Waals surface area (Å²) in [7, 11) is 0. The van der Waals surface area contributed by atoms with Crippen molar-refractivity contribution in [1.82, 2.24) is 5.32 Å². The zero-order valence-corrected chi connectivity index (χ0v) is 12.0. The van der Waals surface area contributed by atoms with E-state index in [1.807, 2.05) is 0 Å². The third kappa shape index (κ3) is 4.19. The summed E-state index contributed by atoms with van der Waals surface area (Å²) >= 11 is 3.02. The van der Waals surface area contributed by atoms with Gasteiger partial charge in [0.15, 0.2) is 0 Å². The van der Waals surface area contributed by atoms with Gasteiger partial charge in [-0.15, -0.1) is 0 Å². The molecule has 1 atom stereocenters. The molecule has 0 aliphatic heterocycles. The third-order valence-electron chi connectivity index (χ3n) is 2.41. The third-order valence-corrected chi connectivity index (χ3v) is 3.08. The van der Waals surface area contributed by atoms with Crippen molar-refractivity contribution in [3.05, 3.63) is 32.8 Å². The first-order chi connectivity index (χ1) is 9.35. The molecule has 0 spiro atoms. The van der Waals surface area contributed by atoms with Crippen LogP contribution in [0.2, 0.25) is 0 Å². The number of nitrogens with zero attached hydrogens (tertiary/aromatic N) is 1. The van der Waals surface area contributed by atoms with Crippen LogP contribution in [0.3, 0.4) is 0 Å². The lowest BCUT2D eigenvalue weighted by molar-refractivity contribution is -0.385. The zero-order chi connectivity index (χ0) is 15.3. The van der Waals surface area contributed by atoms with E-state index in [-0.39, 0.29) is 22.3 Å². The highest BCUT2D eigenvalue weighted by atomic mass is 79.9. The van der Waals surface area contributed by atoms with Crippen LogP contribution in [0.5, 0.6) is 0 Å². The van der Waals surface area contributed by atoms with Gasteiger partial charge in [-0.1, -0.05) is 6.92 Å². The molecule has 3 N–H and O–H groups in total. The number of hydrogen-bond acceptors (Lipinski definition) is 4. The van der Waals surface area contributed by atoms with Crippen molar-refractivity contribution in [1.29, 1.82) is 0 Å². The Bertz CT molecular complexity index is 549. The van der Waals surface area contributed by atoms with Gasteiger partial charge in [-0.3, -0.25) is 10.1 Å². The molecule has 0 aliphatic carbocycles. The van der Waals surface area contributed by atoms with Crippen LogP contribution in [0, 0.1) is 10.1 Å². The summed E-state index contributed by atoms with van der Waals surface area (Å²) in [6.45, 7) is 1.61. The number of carbonyl (C=O) groups is 2. The fraction of sp³-hybridized carbons (Fsp3) is 0.273. The Morgan fingerprint density at radius 1 is 1.50 bits per heavy atom. The van der Waals surface area contributed by atoms with Gasteiger partial charge >= 0.3 is 12.0 Å². The number of halogens is 1. The zero-order valence-electron chi connectivity index (χ0n) is 10.4. The minimum atomic E-state index is -1.15. The van der Waals surface area contributed by atoms with Crippen LogP contribution in [-0.2, 0) is 4.79 Å². The summed E-state index contributed by atoms with van der Waals surface area (Å²) in [4.78, 5) is 32.5. The lowest BCUT2D eigenvalue weighted by Gasteiger charge is -2.13. The molecule has 1 unspecified atom stereocenters. The van der Waals surface area contributed by atoms with Gasteiger partial charge in [-0.2, -0.15) is 0 Å². The Kier molecular flexibility index (Phi) is 5.44. The molecule has 0 saturated carbocycles. The van der Waals surface area contributed by atoms with Crippen LogP contribution >= 0.6 is 15.9 Å². The number of carboxylic acid groups (broad SMARTS) is 1. The Morgan fingerprint density at radius 2 is 2.15 bits per heavy atom. The topological polar surface area (TPSA) is 122 Å². The molecule has 1 aromatic rings. The second kappa shape index (κ2) is 6.85. The summed E-state index contributed by atoms with van der Waals surface area (Å²) in [5.74, 6) is -1.15. The Balaban J connectivity index is 2.78. The molecule has 20 heavy (non-hydrogen) atoms. The van der Waals surface area contributed by atoms with Crippen LogP contribution in [0.15, 0.2) is 22.7 Å². The number of nitro groups is 1. The Morgan fingerprint density at radius 3 is 2.65 bits per heavy atom. The second-order valence-corrected chi connectivity index (χ2v) is 4.68. The fourth-order valence-corrected chi connectivity index (χ4v) is 1.79. The summed E-state index contributed by atoms with van der Waals surface area (Å²) in [6.07, 6.45) is 0.225. The van der Waals surface area contributed by atoms with Gasteiger partial charge in [-0.05, 0) is 34.5 Å². The van der Waals surface area contributed by atoms with Crippen LogP contribution in [0.4, 0.5) is 16.2 Å². The maximum absolute atomic E-state index is 11.6. The van der Waals surface area contributed by atoms with E-state index in [2.05, 4.69) is 26.6 Å². The van der Waals surface area contributed by atoms with E-state index in [1.54, 1.807) is 6.92 Å². The number of amides is 2. The Labute approximate surface area is 122 Å². The van der Waals surface area contributed by atoms with Crippen molar-refractivity contribution < 1.29 is 19.6 Å². The number of urea groups is 1. The number of carbonyl (C=O) groups excluding carboxylic acids is 1. The second-order valence-electron chi connectivity index (χ2n) is 3.82. The molecule has 0 aromatic heterocycles. The molecule has 1 rings (SSSR count). The molecule has 108 valence electrons. The number of rotatable bonds is 5. The number of nitrogens with one attached hydrogen (secondary N) is 2. The minimum Gasteiger partial charge on any atom is -0.480 e. The van der Waals surface area contributed by atoms with E-state index >= 15 is 0 Å². The number of benzene rings is 1. The van der Waals surface area contributed by atoms with Crippen LogP contribution < -0.4 is 10.6 Å². The highest BCUT2D eigenvalue weighted by Gasteiger charge is 2.18. The van der Waals surface area contributed by atoms with Crippen molar-refractivity contribution in [2.45, 2.75) is 19.4 Å². The van der Waals surface area contributed by atoms with Gasteiger partial charge < -0.3 is 15.7 Å². The number of hydrogen-bond donors (Lipinski definition) is 3. The lowest BCUT2D eigenvalue weighted by atomic mass is 10.2. The normalized spacial score (nSPS) is 11.5. The number of nitro benzene ring substituents is 1. The van der Waals surface area contributed by atoms with E-state index in [0.717, 1.165) is 0 Å².